The zero-order valence-electron chi connectivity index (χ0n) is 15.4. The third kappa shape index (κ3) is 7.69. The maximum Gasteiger partial charge on any atom is 0.232 e. The highest BCUT2D eigenvalue weighted by atomic mass is 79.9. The van der Waals surface area contributed by atoms with E-state index in [2.05, 4.69) is 21.2 Å². The van der Waals surface area contributed by atoms with Crippen LogP contribution in [0.2, 0.25) is 5.02 Å². The number of rotatable bonds is 10. The Kier molecular flexibility index (Phi) is 8.59. The predicted octanol–water partition coefficient (Wildman–Crippen LogP) is 3.84. The van der Waals surface area contributed by atoms with Crippen molar-refractivity contribution in [3.05, 3.63) is 58.0 Å². The van der Waals surface area contributed by atoms with E-state index in [1.165, 1.54) is 4.31 Å². The first-order valence-electron chi connectivity index (χ1n) is 8.64. The first-order chi connectivity index (χ1) is 13.3. The molecular weight excluding hydrogens is 468 g/mol. The van der Waals surface area contributed by atoms with Gasteiger partial charge in [-0.15, -0.1) is 0 Å². The lowest BCUT2D eigenvalue weighted by Crippen LogP contribution is -2.32. The fourth-order valence-electron chi connectivity index (χ4n) is 2.48. The van der Waals surface area contributed by atoms with Crippen molar-refractivity contribution in [2.45, 2.75) is 12.8 Å². The van der Waals surface area contributed by atoms with Gasteiger partial charge in [0, 0.05) is 22.5 Å². The molecule has 0 aliphatic carbocycles. The lowest BCUT2D eigenvalue weighted by molar-refractivity contribution is -0.121. The lowest BCUT2D eigenvalue weighted by atomic mass is 10.2. The van der Waals surface area contributed by atoms with Crippen LogP contribution < -0.4 is 14.4 Å². The van der Waals surface area contributed by atoms with Crippen LogP contribution in [0.25, 0.3) is 0 Å². The number of hydrogen-bond donors (Lipinski definition) is 1. The molecular formula is C19H22BrClN2O4S. The average molecular weight is 490 g/mol. The molecule has 0 aliphatic rings. The van der Waals surface area contributed by atoms with E-state index in [9.17, 15) is 13.2 Å². The molecule has 0 aliphatic heterocycles. The Morgan fingerprint density at radius 1 is 1.21 bits per heavy atom. The second-order valence-corrected chi connectivity index (χ2v) is 9.33. The van der Waals surface area contributed by atoms with Crippen molar-refractivity contribution in [3.63, 3.8) is 0 Å². The van der Waals surface area contributed by atoms with E-state index < -0.39 is 10.0 Å². The summed E-state index contributed by atoms with van der Waals surface area (Å²) in [6, 6.07) is 14.0. The molecule has 0 saturated carbocycles. The number of benzene rings is 2. The van der Waals surface area contributed by atoms with Gasteiger partial charge in [-0.05, 0) is 48.9 Å². The minimum absolute atomic E-state index is 0.151. The maximum absolute atomic E-state index is 12.1. The number of ether oxygens (including phenoxy) is 1. The van der Waals surface area contributed by atoms with Crippen LogP contribution in [0, 0.1) is 0 Å². The van der Waals surface area contributed by atoms with Gasteiger partial charge in [-0.2, -0.15) is 0 Å². The second kappa shape index (κ2) is 10.7. The summed E-state index contributed by atoms with van der Waals surface area (Å²) in [4.78, 5) is 12.0. The molecule has 0 spiro atoms. The van der Waals surface area contributed by atoms with Crippen molar-refractivity contribution in [2.24, 2.45) is 0 Å². The quantitative estimate of drug-likeness (QED) is 0.515. The van der Waals surface area contributed by atoms with Crippen molar-refractivity contribution in [1.82, 2.24) is 5.32 Å². The average Bonchev–Trinajstić information content (AvgIpc) is 2.63. The van der Waals surface area contributed by atoms with Crippen molar-refractivity contribution in [3.8, 4) is 5.75 Å². The number of anilines is 1. The van der Waals surface area contributed by atoms with Gasteiger partial charge < -0.3 is 10.1 Å². The number of halogens is 2. The van der Waals surface area contributed by atoms with Gasteiger partial charge in [-0.1, -0.05) is 33.6 Å². The molecule has 1 N–H and O–H groups in total. The number of hydrogen-bond acceptors (Lipinski definition) is 4. The van der Waals surface area contributed by atoms with Crippen molar-refractivity contribution in [2.75, 3.05) is 30.3 Å². The summed E-state index contributed by atoms with van der Waals surface area (Å²) in [6.45, 7) is 0.924. The Morgan fingerprint density at radius 3 is 2.57 bits per heavy atom. The maximum atomic E-state index is 12.1. The number of nitrogens with one attached hydrogen (secondary N) is 1. The fraction of sp³-hybridized carbons (Fsp3) is 0.316. The Bertz CT molecular complexity index is 891. The monoisotopic (exact) mass is 488 g/mol. The molecule has 0 atom stereocenters. The minimum Gasteiger partial charge on any atom is -0.492 e. The van der Waals surface area contributed by atoms with Crippen LogP contribution in [0.3, 0.4) is 0 Å². The van der Waals surface area contributed by atoms with Crippen LogP contribution in [0.4, 0.5) is 5.69 Å². The fourth-order valence-corrected chi connectivity index (χ4v) is 3.95. The van der Waals surface area contributed by atoms with Crippen LogP contribution in [0.5, 0.6) is 5.75 Å². The number of sulfonamides is 1. The first kappa shape index (κ1) is 22.5. The van der Waals surface area contributed by atoms with Gasteiger partial charge in [0.05, 0.1) is 18.5 Å². The number of nitrogens with zero attached hydrogens (tertiary/aromatic N) is 1. The predicted molar refractivity (Wildman–Crippen MR) is 116 cm³/mol. The number of carbonyl (C=O) groups excluding carboxylic acids is 1. The van der Waals surface area contributed by atoms with E-state index in [4.69, 9.17) is 16.3 Å². The molecule has 0 radical (unpaired) electrons. The molecule has 0 fully saturated rings. The highest BCUT2D eigenvalue weighted by Gasteiger charge is 2.17. The molecule has 0 unspecified atom stereocenters. The Balaban J connectivity index is 1.74. The molecule has 9 heteroatoms. The van der Waals surface area contributed by atoms with Gasteiger partial charge in [0.1, 0.15) is 12.4 Å². The van der Waals surface area contributed by atoms with Gasteiger partial charge in [-0.25, -0.2) is 8.42 Å². The molecule has 0 saturated heterocycles. The standard InChI is InChI=1S/C19H22BrClN2O4S/c1-28(25,26)23(17-5-2-4-15(20)14-17)12-3-6-19(24)22-11-13-27-18-9-7-16(21)8-10-18/h2,4-5,7-10,14H,3,6,11-13H2,1H3,(H,22,24). The van der Waals surface area contributed by atoms with Gasteiger partial charge >= 0.3 is 0 Å². The smallest absolute Gasteiger partial charge is 0.232 e. The topological polar surface area (TPSA) is 75.7 Å². The summed E-state index contributed by atoms with van der Waals surface area (Å²) in [5.74, 6) is 0.527. The zero-order chi connectivity index (χ0) is 20.6. The van der Waals surface area contributed by atoms with Gasteiger partial charge in [0.25, 0.3) is 0 Å². The summed E-state index contributed by atoms with van der Waals surface area (Å²) >= 11 is 9.14. The van der Waals surface area contributed by atoms with E-state index in [-0.39, 0.29) is 18.9 Å². The van der Waals surface area contributed by atoms with Crippen LogP contribution in [-0.4, -0.2) is 40.3 Å². The van der Waals surface area contributed by atoms with E-state index in [0.717, 1.165) is 10.7 Å². The van der Waals surface area contributed by atoms with Crippen LogP contribution in [0.1, 0.15) is 12.8 Å². The molecule has 0 bridgehead atoms. The Labute approximate surface area is 179 Å². The zero-order valence-corrected chi connectivity index (χ0v) is 18.6. The molecule has 2 aromatic carbocycles. The largest absolute Gasteiger partial charge is 0.492 e. The molecule has 2 rings (SSSR count). The third-order valence-electron chi connectivity index (χ3n) is 3.77. The van der Waals surface area contributed by atoms with Gasteiger partial charge in [-0.3, -0.25) is 9.10 Å². The molecule has 1 amide bonds. The minimum atomic E-state index is -3.44. The molecule has 0 aromatic heterocycles. The summed E-state index contributed by atoms with van der Waals surface area (Å²) in [7, 11) is -3.44. The first-order valence-corrected chi connectivity index (χ1v) is 11.7. The third-order valence-corrected chi connectivity index (χ3v) is 5.71. The molecule has 0 heterocycles. The Morgan fingerprint density at radius 2 is 1.93 bits per heavy atom. The number of amides is 1. The van der Waals surface area contributed by atoms with E-state index in [1.807, 2.05) is 6.07 Å². The Hall–Kier alpha value is -1.77. The normalized spacial score (nSPS) is 11.1. The highest BCUT2D eigenvalue weighted by molar-refractivity contribution is 9.10. The highest BCUT2D eigenvalue weighted by Crippen LogP contribution is 2.22. The second-order valence-electron chi connectivity index (χ2n) is 6.07. The molecule has 152 valence electrons. The van der Waals surface area contributed by atoms with E-state index in [1.54, 1.807) is 42.5 Å². The van der Waals surface area contributed by atoms with Crippen molar-refractivity contribution >= 4 is 49.1 Å². The van der Waals surface area contributed by atoms with Crippen molar-refractivity contribution in [1.29, 1.82) is 0 Å². The summed E-state index contributed by atoms with van der Waals surface area (Å²) in [6.07, 6.45) is 1.78. The van der Waals surface area contributed by atoms with E-state index in [0.29, 0.717) is 36.0 Å². The summed E-state index contributed by atoms with van der Waals surface area (Å²) < 4.78 is 31.7. The molecule has 28 heavy (non-hydrogen) atoms. The van der Waals surface area contributed by atoms with Crippen LogP contribution in [-0.2, 0) is 14.8 Å². The molecule has 2 aromatic rings. The summed E-state index contributed by atoms with van der Waals surface area (Å²) in [5, 5.41) is 3.39. The van der Waals surface area contributed by atoms with Crippen LogP contribution >= 0.6 is 27.5 Å². The van der Waals surface area contributed by atoms with Crippen LogP contribution in [0.15, 0.2) is 53.0 Å². The molecule has 6 nitrogen and oxygen atoms in total. The SMILES string of the molecule is CS(=O)(=O)N(CCCC(=O)NCCOc1ccc(Cl)cc1)c1cccc(Br)c1. The van der Waals surface area contributed by atoms with Crippen molar-refractivity contribution < 1.29 is 17.9 Å². The van der Waals surface area contributed by atoms with E-state index >= 15 is 0 Å². The van der Waals surface area contributed by atoms with Gasteiger partial charge in [0.2, 0.25) is 15.9 Å². The summed E-state index contributed by atoms with van der Waals surface area (Å²) in [5.41, 5.74) is 0.564. The number of carbonyl (C=O) groups is 1. The lowest BCUT2D eigenvalue weighted by Gasteiger charge is -2.22. The van der Waals surface area contributed by atoms with Gasteiger partial charge in [0.15, 0.2) is 0 Å².